The molecule has 1 aliphatic heterocycles. The lowest BCUT2D eigenvalue weighted by atomic mass is 9.78. The highest BCUT2D eigenvalue weighted by Gasteiger charge is 2.48. The summed E-state index contributed by atoms with van der Waals surface area (Å²) in [7, 11) is 1.95. The molecule has 2 atom stereocenters. The number of amides is 1. The lowest BCUT2D eigenvalue weighted by Crippen LogP contribution is -2.45. The zero-order valence-corrected chi connectivity index (χ0v) is 14.6. The summed E-state index contributed by atoms with van der Waals surface area (Å²) < 4.78 is 1.93. The maximum absolute atomic E-state index is 13.5. The van der Waals surface area contributed by atoms with E-state index in [1.165, 1.54) is 0 Å². The Hall–Kier alpha value is -2.21. The topological polar surface area (TPSA) is 77.0 Å². The third-order valence-corrected chi connectivity index (χ3v) is 5.84. The second kappa shape index (κ2) is 6.26. The molecule has 132 valence electrons. The van der Waals surface area contributed by atoms with Gasteiger partial charge < -0.3 is 15.2 Å². The van der Waals surface area contributed by atoms with Crippen LogP contribution in [0, 0.1) is 0 Å². The summed E-state index contributed by atoms with van der Waals surface area (Å²) in [5.74, 6) is 0.324. The van der Waals surface area contributed by atoms with Gasteiger partial charge in [-0.25, -0.2) is 4.98 Å². The summed E-state index contributed by atoms with van der Waals surface area (Å²) in [5.41, 5.74) is 7.98. The molecule has 2 N–H and O–H groups in total. The van der Waals surface area contributed by atoms with E-state index >= 15 is 0 Å². The van der Waals surface area contributed by atoms with Crippen molar-refractivity contribution in [3.63, 3.8) is 0 Å². The summed E-state index contributed by atoms with van der Waals surface area (Å²) in [6.07, 6.45) is 11.4. The first kappa shape index (κ1) is 16.3. The fraction of sp³-hybridized carbons (Fsp3) is 0.526. The highest BCUT2D eigenvalue weighted by atomic mass is 16.2. The Kier molecular flexibility index (Phi) is 4.07. The fourth-order valence-electron chi connectivity index (χ4n) is 4.49. The van der Waals surface area contributed by atoms with Gasteiger partial charge in [0.1, 0.15) is 0 Å². The molecule has 2 aliphatic rings. The summed E-state index contributed by atoms with van der Waals surface area (Å²) in [6, 6.07) is 3.91. The van der Waals surface area contributed by atoms with Crippen LogP contribution in [0.15, 0.2) is 37.1 Å². The molecule has 6 nitrogen and oxygen atoms in total. The number of carbonyl (C=O) groups excluding carboxylic acids is 1. The van der Waals surface area contributed by atoms with Crippen LogP contribution < -0.4 is 5.73 Å². The maximum Gasteiger partial charge on any atom is 0.233 e. The summed E-state index contributed by atoms with van der Waals surface area (Å²) in [5, 5.41) is 0. The van der Waals surface area contributed by atoms with E-state index in [-0.39, 0.29) is 17.9 Å². The van der Waals surface area contributed by atoms with Crippen molar-refractivity contribution in [1.82, 2.24) is 19.4 Å². The lowest BCUT2D eigenvalue weighted by molar-refractivity contribution is -0.136. The van der Waals surface area contributed by atoms with Gasteiger partial charge in [-0.3, -0.25) is 9.78 Å². The van der Waals surface area contributed by atoms with Crippen LogP contribution in [-0.2, 0) is 17.3 Å². The van der Waals surface area contributed by atoms with E-state index < -0.39 is 5.41 Å². The Morgan fingerprint density at radius 1 is 1.32 bits per heavy atom. The quantitative estimate of drug-likeness (QED) is 0.921. The number of nitrogens with zero attached hydrogens (tertiary/aromatic N) is 4. The Morgan fingerprint density at radius 2 is 2.12 bits per heavy atom. The molecule has 1 aliphatic carbocycles. The van der Waals surface area contributed by atoms with Crippen molar-refractivity contribution in [3.05, 3.63) is 48.3 Å². The molecule has 0 aromatic carbocycles. The molecule has 6 heteroatoms. The minimum absolute atomic E-state index is 0.0637. The van der Waals surface area contributed by atoms with E-state index in [4.69, 9.17) is 5.73 Å². The predicted octanol–water partition coefficient (Wildman–Crippen LogP) is 1.58. The Morgan fingerprint density at radius 3 is 2.76 bits per heavy atom. The van der Waals surface area contributed by atoms with E-state index in [1.54, 1.807) is 12.5 Å². The van der Waals surface area contributed by atoms with Crippen molar-refractivity contribution in [2.24, 2.45) is 12.8 Å². The maximum atomic E-state index is 13.5. The van der Waals surface area contributed by atoms with Gasteiger partial charge in [-0.2, -0.15) is 0 Å². The van der Waals surface area contributed by atoms with E-state index in [9.17, 15) is 4.79 Å². The Bertz CT molecular complexity index is 750. The van der Waals surface area contributed by atoms with E-state index in [0.29, 0.717) is 13.1 Å². The normalized spacial score (nSPS) is 25.4. The molecule has 3 heterocycles. The molecular weight excluding hydrogens is 314 g/mol. The van der Waals surface area contributed by atoms with Crippen molar-refractivity contribution in [2.75, 3.05) is 13.1 Å². The molecule has 1 amide bonds. The van der Waals surface area contributed by atoms with Crippen LogP contribution in [0.2, 0.25) is 0 Å². The van der Waals surface area contributed by atoms with Gasteiger partial charge in [0.15, 0.2) is 0 Å². The first-order chi connectivity index (χ1) is 12.1. The Labute approximate surface area is 148 Å². The molecule has 0 spiro atoms. The second-order valence-corrected chi connectivity index (χ2v) is 7.48. The number of likely N-dealkylation sites (tertiary alicyclic amines) is 1. The van der Waals surface area contributed by atoms with Gasteiger partial charge >= 0.3 is 0 Å². The van der Waals surface area contributed by atoms with Crippen LogP contribution in [0.4, 0.5) is 0 Å². The highest BCUT2D eigenvalue weighted by Crippen LogP contribution is 2.43. The van der Waals surface area contributed by atoms with E-state index in [2.05, 4.69) is 9.97 Å². The number of hydrogen-bond donors (Lipinski definition) is 1. The molecule has 2 aromatic rings. The van der Waals surface area contributed by atoms with E-state index in [1.807, 2.05) is 41.0 Å². The monoisotopic (exact) mass is 339 g/mol. The number of pyridine rings is 1. The highest BCUT2D eigenvalue weighted by molar-refractivity contribution is 5.89. The Balaban J connectivity index is 1.60. The van der Waals surface area contributed by atoms with Crippen LogP contribution in [0.1, 0.15) is 42.9 Å². The van der Waals surface area contributed by atoms with Gasteiger partial charge in [-0.05, 0) is 24.5 Å². The zero-order chi connectivity index (χ0) is 17.4. The average Bonchev–Trinajstić information content (AvgIpc) is 3.35. The van der Waals surface area contributed by atoms with Crippen LogP contribution in [-0.4, -0.2) is 44.5 Å². The zero-order valence-electron chi connectivity index (χ0n) is 14.6. The van der Waals surface area contributed by atoms with Crippen molar-refractivity contribution >= 4 is 5.91 Å². The minimum Gasteiger partial charge on any atom is -0.340 e. The average molecular weight is 339 g/mol. The van der Waals surface area contributed by atoms with Crippen LogP contribution in [0.3, 0.4) is 0 Å². The molecule has 2 fully saturated rings. The fourth-order valence-corrected chi connectivity index (χ4v) is 4.49. The number of aryl methyl sites for hydroxylation is 1. The summed E-state index contributed by atoms with van der Waals surface area (Å²) >= 11 is 0. The minimum atomic E-state index is -0.424. The summed E-state index contributed by atoms with van der Waals surface area (Å²) in [6.45, 7) is 1.25. The number of hydrogen-bond acceptors (Lipinski definition) is 4. The SMILES string of the molecule is Cn1cnc([C@@H]2CN(C(=O)C3(c4cccnc4)CCCC3)C[C@H]2N)c1. The molecule has 0 unspecified atom stereocenters. The van der Waals surface area contributed by atoms with Crippen LogP contribution >= 0.6 is 0 Å². The van der Waals surface area contributed by atoms with Crippen molar-refractivity contribution in [1.29, 1.82) is 0 Å². The third kappa shape index (κ3) is 2.74. The largest absolute Gasteiger partial charge is 0.340 e. The van der Waals surface area contributed by atoms with Gasteiger partial charge in [-0.15, -0.1) is 0 Å². The van der Waals surface area contributed by atoms with Gasteiger partial charge in [-0.1, -0.05) is 18.9 Å². The molecule has 25 heavy (non-hydrogen) atoms. The lowest BCUT2D eigenvalue weighted by Gasteiger charge is -2.32. The summed E-state index contributed by atoms with van der Waals surface area (Å²) in [4.78, 5) is 24.2. The third-order valence-electron chi connectivity index (χ3n) is 5.84. The first-order valence-electron chi connectivity index (χ1n) is 9.03. The molecule has 1 saturated heterocycles. The van der Waals surface area contributed by atoms with Gasteiger partial charge in [0.25, 0.3) is 0 Å². The molecule has 0 radical (unpaired) electrons. The molecule has 2 aromatic heterocycles. The van der Waals surface area contributed by atoms with Gasteiger partial charge in [0, 0.05) is 50.7 Å². The molecule has 4 rings (SSSR count). The number of rotatable bonds is 3. The van der Waals surface area contributed by atoms with Crippen molar-refractivity contribution in [2.45, 2.75) is 43.1 Å². The molecule has 1 saturated carbocycles. The van der Waals surface area contributed by atoms with Crippen LogP contribution in [0.25, 0.3) is 0 Å². The van der Waals surface area contributed by atoms with Gasteiger partial charge in [0.05, 0.1) is 17.4 Å². The van der Waals surface area contributed by atoms with E-state index in [0.717, 1.165) is 36.9 Å². The van der Waals surface area contributed by atoms with Crippen molar-refractivity contribution < 1.29 is 4.79 Å². The molecular formula is C19H25N5O. The molecule has 0 bridgehead atoms. The second-order valence-electron chi connectivity index (χ2n) is 7.48. The number of aromatic nitrogens is 3. The van der Waals surface area contributed by atoms with Crippen molar-refractivity contribution in [3.8, 4) is 0 Å². The first-order valence-corrected chi connectivity index (χ1v) is 9.03. The standard InChI is InChI=1S/C19H25N5O/c1-23-12-17(22-13-23)15-10-24(11-16(15)20)18(25)19(6-2-3-7-19)14-5-4-8-21-9-14/h4-5,8-9,12-13,15-16H,2-3,6-7,10-11,20H2,1H3/t15-,16-/m1/s1. The number of carbonyl (C=O) groups is 1. The van der Waals surface area contributed by atoms with Gasteiger partial charge in [0.2, 0.25) is 5.91 Å². The predicted molar refractivity (Wildman–Crippen MR) is 94.9 cm³/mol. The van der Waals surface area contributed by atoms with Crippen LogP contribution in [0.5, 0.6) is 0 Å². The number of imidazole rings is 1. The number of nitrogens with two attached hydrogens (primary N) is 1. The smallest absolute Gasteiger partial charge is 0.233 e.